The molecule has 0 heterocycles. The minimum Gasteiger partial charge on any atom is -0.494 e. The van der Waals surface area contributed by atoms with E-state index >= 15 is 0 Å². The predicted octanol–water partition coefficient (Wildman–Crippen LogP) is 4.41. The van der Waals surface area contributed by atoms with Gasteiger partial charge in [0.1, 0.15) is 23.1 Å². The molecule has 2 rings (SSSR count). The summed E-state index contributed by atoms with van der Waals surface area (Å²) in [7, 11) is 0. The van der Waals surface area contributed by atoms with Crippen LogP contribution >= 0.6 is 0 Å². The molecular weight excluding hydrogens is 272 g/mol. The first-order valence-corrected chi connectivity index (χ1v) is 7.10. The summed E-state index contributed by atoms with van der Waals surface area (Å²) in [5.41, 5.74) is 1.18. The molecule has 2 aromatic rings. The van der Waals surface area contributed by atoms with Crippen LogP contribution in [0.25, 0.3) is 0 Å². The van der Waals surface area contributed by atoms with Gasteiger partial charge in [0.25, 0.3) is 0 Å². The molecule has 0 fully saturated rings. The molecule has 0 unspecified atom stereocenters. The van der Waals surface area contributed by atoms with Crippen molar-refractivity contribution in [3.05, 3.63) is 59.7 Å². The Morgan fingerprint density at radius 3 is 2.29 bits per heavy atom. The molecule has 4 heteroatoms. The first-order chi connectivity index (χ1) is 10.2. The number of ether oxygens (including phenoxy) is 1. The third-order valence-corrected chi connectivity index (χ3v) is 3.19. The smallest absolute Gasteiger partial charge is 0.149 e. The molecule has 0 radical (unpaired) electrons. The Balaban J connectivity index is 1.72. The van der Waals surface area contributed by atoms with Crippen molar-refractivity contribution in [1.29, 1.82) is 0 Å². The number of aryl methyl sites for hydroxylation is 1. The zero-order valence-electron chi connectivity index (χ0n) is 12.0. The third kappa shape index (κ3) is 4.45. The van der Waals surface area contributed by atoms with Gasteiger partial charge in [0.15, 0.2) is 0 Å². The Kier molecular flexibility index (Phi) is 5.55. The van der Waals surface area contributed by atoms with Crippen LogP contribution in [0.1, 0.15) is 18.9 Å². The summed E-state index contributed by atoms with van der Waals surface area (Å²) in [6, 6.07) is 11.7. The van der Waals surface area contributed by atoms with Crippen LogP contribution in [-0.4, -0.2) is 13.2 Å². The monoisotopic (exact) mass is 291 g/mol. The molecule has 0 spiro atoms. The SMILES string of the molecule is CCc1ccc(OCCCNc2c(F)cccc2F)cc1. The van der Waals surface area contributed by atoms with E-state index in [1.54, 1.807) is 0 Å². The summed E-state index contributed by atoms with van der Waals surface area (Å²) < 4.78 is 32.3. The molecule has 112 valence electrons. The largest absolute Gasteiger partial charge is 0.494 e. The van der Waals surface area contributed by atoms with E-state index in [0.717, 1.165) is 12.2 Å². The molecule has 0 bridgehead atoms. The normalized spacial score (nSPS) is 10.4. The first-order valence-electron chi connectivity index (χ1n) is 7.10. The summed E-state index contributed by atoms with van der Waals surface area (Å²) in [5, 5.41) is 2.76. The number of halogens is 2. The first kappa shape index (κ1) is 15.3. The van der Waals surface area contributed by atoms with Crippen LogP contribution in [0.5, 0.6) is 5.75 Å². The highest BCUT2D eigenvalue weighted by atomic mass is 19.1. The summed E-state index contributed by atoms with van der Waals surface area (Å²) in [6.45, 7) is 3.04. The number of anilines is 1. The Morgan fingerprint density at radius 2 is 1.67 bits per heavy atom. The summed E-state index contributed by atoms with van der Waals surface area (Å²) >= 11 is 0. The van der Waals surface area contributed by atoms with Gasteiger partial charge >= 0.3 is 0 Å². The van der Waals surface area contributed by atoms with Gasteiger partial charge in [-0.1, -0.05) is 25.1 Å². The molecule has 21 heavy (non-hydrogen) atoms. The summed E-state index contributed by atoms with van der Waals surface area (Å²) in [5.74, 6) is -0.346. The minimum absolute atomic E-state index is 0.0789. The molecule has 0 saturated carbocycles. The van der Waals surface area contributed by atoms with Crippen molar-refractivity contribution in [2.75, 3.05) is 18.5 Å². The molecule has 2 aromatic carbocycles. The van der Waals surface area contributed by atoms with E-state index in [1.807, 2.05) is 24.3 Å². The average molecular weight is 291 g/mol. The second-order valence-corrected chi connectivity index (χ2v) is 4.72. The van der Waals surface area contributed by atoms with Gasteiger partial charge in [-0.15, -0.1) is 0 Å². The van der Waals surface area contributed by atoms with E-state index in [-0.39, 0.29) is 5.69 Å². The van der Waals surface area contributed by atoms with Crippen LogP contribution in [0.15, 0.2) is 42.5 Å². The highest BCUT2D eigenvalue weighted by Gasteiger charge is 2.06. The van der Waals surface area contributed by atoms with Gasteiger partial charge in [-0.25, -0.2) is 8.78 Å². The number of para-hydroxylation sites is 1. The Morgan fingerprint density at radius 1 is 1.00 bits per heavy atom. The van der Waals surface area contributed by atoms with Crippen molar-refractivity contribution < 1.29 is 13.5 Å². The lowest BCUT2D eigenvalue weighted by Crippen LogP contribution is -2.09. The molecule has 0 aliphatic carbocycles. The fourth-order valence-electron chi connectivity index (χ4n) is 1.96. The number of hydrogen-bond donors (Lipinski definition) is 1. The van der Waals surface area contributed by atoms with Crippen molar-refractivity contribution in [2.45, 2.75) is 19.8 Å². The maximum atomic E-state index is 13.4. The lowest BCUT2D eigenvalue weighted by molar-refractivity contribution is 0.315. The molecule has 0 aromatic heterocycles. The van der Waals surface area contributed by atoms with E-state index in [9.17, 15) is 8.78 Å². The van der Waals surface area contributed by atoms with Crippen LogP contribution in [0.3, 0.4) is 0 Å². The molecule has 0 saturated heterocycles. The fourth-order valence-corrected chi connectivity index (χ4v) is 1.96. The predicted molar refractivity (Wildman–Crippen MR) is 80.8 cm³/mol. The Hall–Kier alpha value is -2.10. The maximum Gasteiger partial charge on any atom is 0.149 e. The average Bonchev–Trinajstić information content (AvgIpc) is 2.50. The van der Waals surface area contributed by atoms with Gasteiger partial charge in [0.2, 0.25) is 0 Å². The zero-order valence-corrected chi connectivity index (χ0v) is 12.0. The number of hydrogen-bond acceptors (Lipinski definition) is 2. The van der Waals surface area contributed by atoms with Crippen LogP contribution < -0.4 is 10.1 Å². The van der Waals surface area contributed by atoms with Crippen molar-refractivity contribution in [1.82, 2.24) is 0 Å². The number of benzene rings is 2. The van der Waals surface area contributed by atoms with Gasteiger partial charge in [-0.05, 0) is 42.7 Å². The van der Waals surface area contributed by atoms with Gasteiger partial charge in [-0.3, -0.25) is 0 Å². The zero-order chi connectivity index (χ0) is 15.1. The van der Waals surface area contributed by atoms with Gasteiger partial charge in [0, 0.05) is 6.54 Å². The third-order valence-electron chi connectivity index (χ3n) is 3.19. The van der Waals surface area contributed by atoms with Crippen molar-refractivity contribution >= 4 is 5.69 Å². The molecule has 0 aliphatic rings. The second-order valence-electron chi connectivity index (χ2n) is 4.72. The van der Waals surface area contributed by atoms with Crippen LogP contribution in [0, 0.1) is 11.6 Å². The van der Waals surface area contributed by atoms with E-state index in [2.05, 4.69) is 12.2 Å². The van der Waals surface area contributed by atoms with E-state index in [1.165, 1.54) is 23.8 Å². The van der Waals surface area contributed by atoms with Crippen LogP contribution in [0.2, 0.25) is 0 Å². The lowest BCUT2D eigenvalue weighted by Gasteiger charge is -2.10. The van der Waals surface area contributed by atoms with Gasteiger partial charge < -0.3 is 10.1 Å². The Labute approximate surface area is 123 Å². The maximum absolute atomic E-state index is 13.4. The van der Waals surface area contributed by atoms with E-state index in [4.69, 9.17) is 4.74 Å². The van der Waals surface area contributed by atoms with Gasteiger partial charge in [0.05, 0.1) is 6.61 Å². The van der Waals surface area contributed by atoms with E-state index < -0.39 is 11.6 Å². The minimum atomic E-state index is -0.578. The quantitative estimate of drug-likeness (QED) is 0.763. The fraction of sp³-hybridized carbons (Fsp3) is 0.294. The van der Waals surface area contributed by atoms with Crippen LogP contribution in [-0.2, 0) is 6.42 Å². The molecule has 0 amide bonds. The van der Waals surface area contributed by atoms with Crippen LogP contribution in [0.4, 0.5) is 14.5 Å². The molecule has 0 aliphatic heterocycles. The number of rotatable bonds is 7. The molecular formula is C17H19F2NO. The number of nitrogens with one attached hydrogen (secondary N) is 1. The molecule has 0 atom stereocenters. The standard InChI is InChI=1S/C17H19F2NO/c1-2-13-7-9-14(10-8-13)21-12-4-11-20-17-15(18)5-3-6-16(17)19/h3,5-10,20H,2,4,11-12H2,1H3. The highest BCUT2D eigenvalue weighted by molar-refractivity contribution is 5.45. The van der Waals surface area contributed by atoms with Crippen molar-refractivity contribution in [3.63, 3.8) is 0 Å². The van der Waals surface area contributed by atoms with Crippen molar-refractivity contribution in [3.8, 4) is 5.75 Å². The van der Waals surface area contributed by atoms with E-state index in [0.29, 0.717) is 19.6 Å². The lowest BCUT2D eigenvalue weighted by atomic mass is 10.2. The van der Waals surface area contributed by atoms with Gasteiger partial charge in [-0.2, -0.15) is 0 Å². The molecule has 2 nitrogen and oxygen atoms in total. The topological polar surface area (TPSA) is 21.3 Å². The summed E-state index contributed by atoms with van der Waals surface area (Å²) in [4.78, 5) is 0. The highest BCUT2D eigenvalue weighted by Crippen LogP contribution is 2.18. The van der Waals surface area contributed by atoms with Crippen molar-refractivity contribution in [2.24, 2.45) is 0 Å². The summed E-state index contributed by atoms with van der Waals surface area (Å²) in [6.07, 6.45) is 1.65. The second kappa shape index (κ2) is 7.62. The Bertz CT molecular complexity index is 549. The molecule has 1 N–H and O–H groups in total.